The summed E-state index contributed by atoms with van der Waals surface area (Å²) in [6.45, 7) is 0.960. The van der Waals surface area contributed by atoms with Crippen molar-refractivity contribution in [2.24, 2.45) is 22.2 Å². The van der Waals surface area contributed by atoms with Gasteiger partial charge in [-0.3, -0.25) is 19.4 Å². The lowest BCUT2D eigenvalue weighted by molar-refractivity contribution is -0.142. The van der Waals surface area contributed by atoms with Crippen molar-refractivity contribution in [3.8, 4) is 5.75 Å². The Morgan fingerprint density at radius 2 is 1.66 bits per heavy atom. The monoisotopic (exact) mass is 495 g/mol. The molecule has 1 aromatic carbocycles. The van der Waals surface area contributed by atoms with Gasteiger partial charge in [0.15, 0.2) is 5.96 Å². The smallest absolute Gasteiger partial charge is 0.326 e. The molecule has 3 amide bonds. The highest BCUT2D eigenvalue weighted by atomic mass is 16.4. The lowest BCUT2D eigenvalue weighted by Crippen LogP contribution is -2.55. The zero-order valence-corrected chi connectivity index (χ0v) is 19.3. The molecule has 0 aliphatic heterocycles. The van der Waals surface area contributed by atoms with Crippen molar-refractivity contribution < 1.29 is 34.5 Å². The number of hydrogen-bond donors (Lipinski definition) is 9. The Bertz CT molecular complexity index is 902. The number of nitrogens with two attached hydrogens (primary N) is 3. The minimum Gasteiger partial charge on any atom is -0.508 e. The zero-order valence-electron chi connectivity index (χ0n) is 19.3. The fraction of sp³-hybridized carbons (Fsp3) is 0.476. The topological polar surface area (TPSA) is 255 Å². The van der Waals surface area contributed by atoms with Crippen LogP contribution < -0.4 is 33.2 Å². The van der Waals surface area contributed by atoms with Crippen LogP contribution in [0.2, 0.25) is 0 Å². The number of guanidine groups is 1. The third-order valence-corrected chi connectivity index (χ3v) is 4.83. The molecule has 0 aliphatic carbocycles. The van der Waals surface area contributed by atoms with Gasteiger partial charge in [-0.05, 0) is 37.5 Å². The number of nitrogens with one attached hydrogen (secondary N) is 3. The summed E-state index contributed by atoms with van der Waals surface area (Å²) in [4.78, 5) is 52.5. The van der Waals surface area contributed by atoms with E-state index < -0.39 is 54.5 Å². The first-order chi connectivity index (χ1) is 16.4. The van der Waals surface area contributed by atoms with Crippen LogP contribution in [0.15, 0.2) is 29.3 Å². The number of rotatable bonds is 14. The van der Waals surface area contributed by atoms with Crippen molar-refractivity contribution in [1.29, 1.82) is 0 Å². The maximum atomic E-state index is 12.9. The number of amides is 3. The van der Waals surface area contributed by atoms with Gasteiger partial charge in [0.05, 0.1) is 12.6 Å². The number of aliphatic hydroxyl groups is 1. The maximum Gasteiger partial charge on any atom is 0.326 e. The van der Waals surface area contributed by atoms with Crippen molar-refractivity contribution in [3.05, 3.63) is 29.8 Å². The number of phenolic OH excluding ortho intramolecular Hbond substituents is 1. The van der Waals surface area contributed by atoms with E-state index >= 15 is 0 Å². The predicted octanol–water partition coefficient (Wildman–Crippen LogP) is -3.13. The van der Waals surface area contributed by atoms with E-state index in [9.17, 15) is 34.5 Å². The minimum atomic E-state index is -1.28. The quantitative estimate of drug-likeness (QED) is 0.0712. The number of carbonyl (C=O) groups is 4. The van der Waals surface area contributed by atoms with Gasteiger partial charge in [-0.15, -0.1) is 0 Å². The molecule has 0 aromatic heterocycles. The Kier molecular flexibility index (Phi) is 12.0. The van der Waals surface area contributed by atoms with E-state index in [0.717, 1.165) is 0 Å². The van der Waals surface area contributed by atoms with E-state index in [4.69, 9.17) is 17.2 Å². The van der Waals surface area contributed by atoms with Crippen molar-refractivity contribution in [2.45, 2.75) is 50.4 Å². The molecular weight excluding hydrogens is 462 g/mol. The van der Waals surface area contributed by atoms with E-state index in [1.54, 1.807) is 0 Å². The molecule has 194 valence electrons. The number of hydrogen-bond acceptors (Lipinski definition) is 8. The molecule has 0 aliphatic rings. The molecule has 0 saturated carbocycles. The Hall–Kier alpha value is -3.91. The maximum absolute atomic E-state index is 12.9. The lowest BCUT2D eigenvalue weighted by Gasteiger charge is -2.22. The van der Waals surface area contributed by atoms with Crippen LogP contribution in [0, 0.1) is 0 Å². The van der Waals surface area contributed by atoms with Crippen molar-refractivity contribution in [3.63, 3.8) is 0 Å². The van der Waals surface area contributed by atoms with Gasteiger partial charge in [-0.25, -0.2) is 4.79 Å². The largest absolute Gasteiger partial charge is 0.508 e. The Morgan fingerprint density at radius 1 is 1.03 bits per heavy atom. The lowest BCUT2D eigenvalue weighted by atomic mass is 10.0. The molecule has 0 radical (unpaired) electrons. The number of aliphatic carboxylic acids is 1. The van der Waals surface area contributed by atoms with Gasteiger partial charge in [0.25, 0.3) is 0 Å². The number of aliphatic hydroxyl groups excluding tert-OH is 1. The first-order valence-corrected chi connectivity index (χ1v) is 10.8. The molecule has 0 bridgehead atoms. The third-order valence-electron chi connectivity index (χ3n) is 4.83. The molecule has 0 fully saturated rings. The average molecular weight is 496 g/mol. The summed E-state index contributed by atoms with van der Waals surface area (Å²) in [6.07, 6.45) is -0.852. The molecule has 14 nitrogen and oxygen atoms in total. The van der Waals surface area contributed by atoms with E-state index in [1.165, 1.54) is 31.2 Å². The minimum absolute atomic E-state index is 0.00247. The molecule has 4 atom stereocenters. The second-order valence-corrected chi connectivity index (χ2v) is 7.82. The van der Waals surface area contributed by atoms with Gasteiger partial charge >= 0.3 is 5.97 Å². The summed E-state index contributed by atoms with van der Waals surface area (Å²) in [7, 11) is 0. The van der Waals surface area contributed by atoms with Crippen LogP contribution >= 0.6 is 0 Å². The molecule has 12 N–H and O–H groups in total. The fourth-order valence-electron chi connectivity index (χ4n) is 2.86. The standard InChI is InChI=1S/C21H33N7O7/c1-11(29)17(22)19(33)26-10-16(31)27-15(9-12-4-6-13(30)7-5-12)18(32)28-14(20(34)35)3-2-8-25-21(23)24/h4-7,11,14-15,17,29-30H,2-3,8-10,22H2,1H3,(H,26,33)(H,27,31)(H,28,32)(H,34,35)(H4,23,24,25)/t11-,14+,15+,17+/m1/s1. The first-order valence-electron chi connectivity index (χ1n) is 10.8. The number of carbonyl (C=O) groups excluding carboxylic acids is 3. The van der Waals surface area contributed by atoms with Gasteiger partial charge in [0.2, 0.25) is 17.7 Å². The normalized spacial score (nSPS) is 14.0. The number of nitrogens with zero attached hydrogens (tertiary/aromatic N) is 1. The molecule has 1 rings (SSSR count). The molecule has 0 unspecified atom stereocenters. The van der Waals surface area contributed by atoms with E-state index in [-0.39, 0.29) is 37.5 Å². The SMILES string of the molecule is C[C@@H](O)[C@H](N)C(=O)NCC(=O)N[C@@H](Cc1ccc(O)cc1)C(=O)N[C@@H](CCCN=C(N)N)C(=O)O. The number of benzene rings is 1. The highest BCUT2D eigenvalue weighted by molar-refractivity contribution is 5.92. The van der Waals surface area contributed by atoms with E-state index in [0.29, 0.717) is 5.56 Å². The molecule has 14 heteroatoms. The number of carboxylic acid groups (broad SMARTS) is 1. The highest BCUT2D eigenvalue weighted by Gasteiger charge is 2.27. The summed E-state index contributed by atoms with van der Waals surface area (Å²) in [5.41, 5.74) is 16.5. The van der Waals surface area contributed by atoms with Crippen LogP contribution in [-0.4, -0.2) is 82.3 Å². The molecule has 0 heterocycles. The molecular formula is C21H33N7O7. The van der Waals surface area contributed by atoms with Crippen LogP contribution in [0.4, 0.5) is 0 Å². The number of aromatic hydroxyl groups is 1. The van der Waals surface area contributed by atoms with E-state index in [1.807, 2.05) is 0 Å². The van der Waals surface area contributed by atoms with Crippen LogP contribution in [-0.2, 0) is 25.6 Å². The number of phenols is 1. The summed E-state index contributed by atoms with van der Waals surface area (Å²) < 4.78 is 0. The fourth-order valence-corrected chi connectivity index (χ4v) is 2.86. The van der Waals surface area contributed by atoms with E-state index in [2.05, 4.69) is 20.9 Å². The molecule has 35 heavy (non-hydrogen) atoms. The summed E-state index contributed by atoms with van der Waals surface area (Å²) >= 11 is 0. The second kappa shape index (κ2) is 14.4. The van der Waals surface area contributed by atoms with Gasteiger partial charge in [-0.2, -0.15) is 0 Å². The van der Waals surface area contributed by atoms with Crippen LogP contribution in [0.3, 0.4) is 0 Å². The van der Waals surface area contributed by atoms with Crippen LogP contribution in [0.5, 0.6) is 5.75 Å². The molecule has 0 saturated heterocycles. The summed E-state index contributed by atoms with van der Waals surface area (Å²) in [5, 5.41) is 35.4. The van der Waals surface area contributed by atoms with Gasteiger partial charge in [-0.1, -0.05) is 12.1 Å². The average Bonchev–Trinajstić information content (AvgIpc) is 2.79. The first kappa shape index (κ1) is 29.1. The Morgan fingerprint density at radius 3 is 2.20 bits per heavy atom. The Labute approximate surface area is 201 Å². The van der Waals surface area contributed by atoms with Crippen molar-refractivity contribution in [2.75, 3.05) is 13.1 Å². The molecule has 0 spiro atoms. The van der Waals surface area contributed by atoms with Gasteiger partial charge in [0, 0.05) is 13.0 Å². The Balaban J connectivity index is 2.89. The van der Waals surface area contributed by atoms with Crippen LogP contribution in [0.1, 0.15) is 25.3 Å². The van der Waals surface area contributed by atoms with Crippen molar-refractivity contribution in [1.82, 2.24) is 16.0 Å². The molecule has 1 aromatic rings. The van der Waals surface area contributed by atoms with Crippen LogP contribution in [0.25, 0.3) is 0 Å². The number of aliphatic imine (C=N–C) groups is 1. The predicted molar refractivity (Wildman–Crippen MR) is 126 cm³/mol. The number of carboxylic acids is 1. The highest BCUT2D eigenvalue weighted by Crippen LogP contribution is 2.12. The van der Waals surface area contributed by atoms with Gasteiger partial charge in [0.1, 0.15) is 23.9 Å². The van der Waals surface area contributed by atoms with Crippen molar-refractivity contribution >= 4 is 29.7 Å². The second-order valence-electron chi connectivity index (χ2n) is 7.82. The third kappa shape index (κ3) is 11.2. The van der Waals surface area contributed by atoms with Gasteiger partial charge < -0.3 is 48.5 Å². The summed E-state index contributed by atoms with van der Waals surface area (Å²) in [6, 6.07) is 2.16. The zero-order chi connectivity index (χ0) is 26.5. The summed E-state index contributed by atoms with van der Waals surface area (Å²) in [5.74, 6) is -3.69.